The third-order valence-electron chi connectivity index (χ3n) is 2.60. The van der Waals surface area contributed by atoms with Crippen molar-refractivity contribution in [3.8, 4) is 5.88 Å². The summed E-state index contributed by atoms with van der Waals surface area (Å²) >= 11 is 0. The molecule has 0 bridgehead atoms. The van der Waals surface area contributed by atoms with E-state index in [1.807, 2.05) is 44.2 Å². The Hall–Kier alpha value is -2.30. The predicted molar refractivity (Wildman–Crippen MR) is 75.1 cm³/mol. The Bertz CT molecular complexity index is 593. The number of benzene rings is 1. The molecule has 0 unspecified atom stereocenters. The molecule has 0 saturated carbocycles. The highest BCUT2D eigenvalue weighted by molar-refractivity contribution is 5.63. The van der Waals surface area contributed by atoms with Gasteiger partial charge in [-0.15, -0.1) is 5.10 Å². The average molecular weight is 259 g/mol. The van der Waals surface area contributed by atoms with Crippen LogP contribution in [0, 0.1) is 0 Å². The third kappa shape index (κ3) is 3.13. The summed E-state index contributed by atoms with van der Waals surface area (Å²) in [6, 6.07) is 11.1. The maximum Gasteiger partial charge on any atom is 0.269 e. The molecule has 19 heavy (non-hydrogen) atoms. The van der Waals surface area contributed by atoms with Crippen molar-refractivity contribution in [2.24, 2.45) is 0 Å². The van der Waals surface area contributed by atoms with Gasteiger partial charge in [0.1, 0.15) is 5.69 Å². The van der Waals surface area contributed by atoms with E-state index in [4.69, 9.17) is 4.74 Å². The molecule has 2 aromatic rings. The predicted octanol–water partition coefficient (Wildman–Crippen LogP) is 2.41. The number of nitrogens with zero attached hydrogens (tertiary/aromatic N) is 2. The number of para-hydroxylation sites is 1. The second-order valence-electron chi connectivity index (χ2n) is 3.94. The Morgan fingerprint density at radius 3 is 2.63 bits per heavy atom. The normalized spacial score (nSPS) is 10.2. The van der Waals surface area contributed by atoms with Gasteiger partial charge in [0.05, 0.1) is 6.61 Å². The highest BCUT2D eigenvalue weighted by atomic mass is 16.5. The number of anilines is 2. The van der Waals surface area contributed by atoms with Crippen LogP contribution in [0.2, 0.25) is 0 Å². The summed E-state index contributed by atoms with van der Waals surface area (Å²) in [5, 5.41) is 7.34. The van der Waals surface area contributed by atoms with E-state index in [0.29, 0.717) is 24.7 Å². The molecule has 0 atom stereocenters. The molecule has 1 heterocycles. The monoisotopic (exact) mass is 259 g/mol. The van der Waals surface area contributed by atoms with Gasteiger partial charge in [0.25, 0.3) is 11.4 Å². The molecule has 2 rings (SSSR count). The van der Waals surface area contributed by atoms with Crippen molar-refractivity contribution in [1.82, 2.24) is 9.78 Å². The number of hydrogen-bond acceptors (Lipinski definition) is 4. The second-order valence-corrected chi connectivity index (χ2v) is 3.94. The summed E-state index contributed by atoms with van der Waals surface area (Å²) in [7, 11) is 0. The summed E-state index contributed by atoms with van der Waals surface area (Å²) in [6.45, 7) is 4.77. The van der Waals surface area contributed by atoms with Crippen LogP contribution in [0.25, 0.3) is 0 Å². The lowest BCUT2D eigenvalue weighted by molar-refractivity contribution is 0.316. The number of nitrogens with one attached hydrogen (secondary N) is 1. The van der Waals surface area contributed by atoms with E-state index in [2.05, 4.69) is 10.4 Å². The molecule has 100 valence electrons. The maximum atomic E-state index is 11.8. The van der Waals surface area contributed by atoms with Crippen LogP contribution in [0.1, 0.15) is 13.8 Å². The van der Waals surface area contributed by atoms with Crippen LogP contribution < -0.4 is 15.6 Å². The second kappa shape index (κ2) is 6.04. The van der Waals surface area contributed by atoms with Crippen molar-refractivity contribution < 1.29 is 4.74 Å². The fourth-order valence-corrected chi connectivity index (χ4v) is 1.71. The van der Waals surface area contributed by atoms with Crippen LogP contribution >= 0.6 is 0 Å². The molecule has 1 N–H and O–H groups in total. The highest BCUT2D eigenvalue weighted by Crippen LogP contribution is 2.23. The highest BCUT2D eigenvalue weighted by Gasteiger charge is 2.09. The zero-order chi connectivity index (χ0) is 13.7. The van der Waals surface area contributed by atoms with Crippen LogP contribution in [0.15, 0.2) is 41.2 Å². The van der Waals surface area contributed by atoms with Gasteiger partial charge < -0.3 is 10.1 Å². The van der Waals surface area contributed by atoms with Crippen molar-refractivity contribution in [3.05, 3.63) is 46.8 Å². The number of hydrogen-bond donors (Lipinski definition) is 1. The number of aryl methyl sites for hydroxylation is 1. The van der Waals surface area contributed by atoms with Gasteiger partial charge in [-0.3, -0.25) is 4.79 Å². The molecular weight excluding hydrogens is 242 g/mol. The van der Waals surface area contributed by atoms with Gasteiger partial charge in [0.15, 0.2) is 0 Å². The zero-order valence-corrected chi connectivity index (χ0v) is 11.1. The largest absolute Gasteiger partial charge is 0.475 e. The van der Waals surface area contributed by atoms with Crippen molar-refractivity contribution in [2.75, 3.05) is 11.9 Å². The molecular formula is C14H17N3O2. The van der Waals surface area contributed by atoms with Crippen molar-refractivity contribution >= 4 is 11.4 Å². The Morgan fingerprint density at radius 1 is 1.26 bits per heavy atom. The van der Waals surface area contributed by atoms with E-state index in [-0.39, 0.29) is 5.56 Å². The number of rotatable bonds is 5. The Balaban J connectivity index is 2.38. The minimum Gasteiger partial charge on any atom is -0.475 e. The van der Waals surface area contributed by atoms with Gasteiger partial charge >= 0.3 is 0 Å². The molecule has 0 fully saturated rings. The van der Waals surface area contributed by atoms with Gasteiger partial charge in [-0.2, -0.15) is 0 Å². The maximum absolute atomic E-state index is 11.8. The minimum absolute atomic E-state index is 0.149. The van der Waals surface area contributed by atoms with Gasteiger partial charge in [-0.25, -0.2) is 4.68 Å². The molecule has 5 heteroatoms. The quantitative estimate of drug-likeness (QED) is 0.895. The van der Waals surface area contributed by atoms with E-state index in [9.17, 15) is 4.79 Å². The van der Waals surface area contributed by atoms with E-state index in [1.165, 1.54) is 10.7 Å². The average Bonchev–Trinajstić information content (AvgIpc) is 2.43. The number of ether oxygens (including phenoxy) is 1. The smallest absolute Gasteiger partial charge is 0.269 e. The summed E-state index contributed by atoms with van der Waals surface area (Å²) in [5.41, 5.74) is 1.33. The minimum atomic E-state index is -0.149. The molecule has 0 spiro atoms. The van der Waals surface area contributed by atoms with Crippen LogP contribution in [0.4, 0.5) is 11.4 Å². The van der Waals surface area contributed by atoms with Gasteiger partial charge in [-0.1, -0.05) is 18.2 Å². The number of aromatic nitrogens is 2. The molecule has 0 aliphatic rings. The summed E-state index contributed by atoms with van der Waals surface area (Å²) in [5.74, 6) is 0.438. The van der Waals surface area contributed by atoms with Crippen LogP contribution in [0.5, 0.6) is 5.88 Å². The van der Waals surface area contributed by atoms with Crippen molar-refractivity contribution in [2.45, 2.75) is 20.4 Å². The van der Waals surface area contributed by atoms with Gasteiger partial charge in [0.2, 0.25) is 0 Å². The SMILES string of the molecule is CCOc1nn(CC)c(=O)cc1Nc1ccccc1. The van der Waals surface area contributed by atoms with Crippen LogP contribution in [-0.4, -0.2) is 16.4 Å². The van der Waals surface area contributed by atoms with E-state index in [1.54, 1.807) is 0 Å². The molecule has 0 aliphatic carbocycles. The first-order valence-corrected chi connectivity index (χ1v) is 6.31. The standard InChI is InChI=1S/C14H17N3O2/c1-3-17-13(18)10-12(14(16-17)19-4-2)15-11-8-6-5-7-9-11/h5-10,15H,3-4H2,1-2H3. The third-order valence-corrected chi connectivity index (χ3v) is 2.60. The first-order valence-electron chi connectivity index (χ1n) is 6.31. The summed E-state index contributed by atoms with van der Waals surface area (Å²) < 4.78 is 6.85. The van der Waals surface area contributed by atoms with E-state index in [0.717, 1.165) is 5.69 Å². The Labute approximate surface area is 111 Å². The fourth-order valence-electron chi connectivity index (χ4n) is 1.71. The van der Waals surface area contributed by atoms with Gasteiger partial charge in [0, 0.05) is 18.3 Å². The Kier molecular flexibility index (Phi) is 4.18. The lowest BCUT2D eigenvalue weighted by atomic mass is 10.3. The summed E-state index contributed by atoms with van der Waals surface area (Å²) in [6.07, 6.45) is 0. The van der Waals surface area contributed by atoms with Gasteiger partial charge in [-0.05, 0) is 26.0 Å². The molecule has 5 nitrogen and oxygen atoms in total. The molecule has 0 saturated heterocycles. The fraction of sp³-hybridized carbons (Fsp3) is 0.286. The van der Waals surface area contributed by atoms with E-state index >= 15 is 0 Å². The topological polar surface area (TPSA) is 56.2 Å². The molecule has 0 aliphatic heterocycles. The first-order chi connectivity index (χ1) is 9.24. The van der Waals surface area contributed by atoms with Crippen molar-refractivity contribution in [3.63, 3.8) is 0 Å². The Morgan fingerprint density at radius 2 is 2.00 bits per heavy atom. The molecule has 1 aromatic heterocycles. The molecule has 0 radical (unpaired) electrons. The lowest BCUT2D eigenvalue weighted by Crippen LogP contribution is -2.22. The lowest BCUT2D eigenvalue weighted by Gasteiger charge is -2.12. The zero-order valence-electron chi connectivity index (χ0n) is 11.1. The molecule has 0 amide bonds. The van der Waals surface area contributed by atoms with Crippen molar-refractivity contribution in [1.29, 1.82) is 0 Å². The molecule has 1 aromatic carbocycles. The van der Waals surface area contributed by atoms with E-state index < -0.39 is 0 Å². The van der Waals surface area contributed by atoms with Crippen LogP contribution in [-0.2, 0) is 6.54 Å². The first kappa shape index (κ1) is 13.1. The summed E-state index contributed by atoms with van der Waals surface area (Å²) in [4.78, 5) is 11.8. The van der Waals surface area contributed by atoms with Crippen LogP contribution in [0.3, 0.4) is 0 Å².